The Balaban J connectivity index is 1.47. The Morgan fingerprint density at radius 3 is 2.90 bits per heavy atom. The van der Waals surface area contributed by atoms with Crippen molar-refractivity contribution < 1.29 is 9.53 Å². The molecule has 8 heteroatoms. The van der Waals surface area contributed by atoms with Crippen molar-refractivity contribution in [3.05, 3.63) is 52.2 Å². The molecule has 4 heterocycles. The molecule has 1 aliphatic heterocycles. The number of carbonyl (C=O) groups is 1. The minimum atomic E-state index is -0.200. The lowest BCUT2D eigenvalue weighted by molar-refractivity contribution is 0.102. The van der Waals surface area contributed by atoms with Crippen LogP contribution >= 0.6 is 11.3 Å². The average Bonchev–Trinajstić information content (AvgIpc) is 3.46. The number of aromatic nitrogens is 4. The van der Waals surface area contributed by atoms with Crippen LogP contribution in [-0.4, -0.2) is 32.3 Å². The largest absolute Gasteiger partial charge is 0.493 e. The molecule has 1 amide bonds. The number of nitrogens with one attached hydrogen (secondary N) is 1. The van der Waals surface area contributed by atoms with Crippen LogP contribution in [0.15, 0.2) is 29.6 Å². The highest BCUT2D eigenvalue weighted by atomic mass is 32.1. The fourth-order valence-corrected chi connectivity index (χ4v) is 4.63. The number of benzene rings is 1. The van der Waals surface area contributed by atoms with Gasteiger partial charge in [0, 0.05) is 30.1 Å². The number of thiazole rings is 1. The van der Waals surface area contributed by atoms with Gasteiger partial charge in [0.15, 0.2) is 10.8 Å². The van der Waals surface area contributed by atoms with Crippen LogP contribution < -0.4 is 10.1 Å². The highest BCUT2D eigenvalue weighted by Crippen LogP contribution is 2.32. The molecule has 7 nitrogen and oxygen atoms in total. The molecule has 158 valence electrons. The summed E-state index contributed by atoms with van der Waals surface area (Å²) in [6.07, 6.45) is 0.914. The summed E-state index contributed by atoms with van der Waals surface area (Å²) in [6, 6.07) is 7.97. The molecule has 0 atom stereocenters. The molecule has 0 spiro atoms. The lowest BCUT2D eigenvalue weighted by Gasteiger charge is -2.10. The van der Waals surface area contributed by atoms with E-state index < -0.39 is 0 Å². The van der Waals surface area contributed by atoms with E-state index in [1.54, 1.807) is 4.68 Å². The average molecular weight is 434 g/mol. The van der Waals surface area contributed by atoms with Gasteiger partial charge in [-0.15, -0.1) is 11.3 Å². The quantitative estimate of drug-likeness (QED) is 0.504. The Hall–Kier alpha value is -3.26. The van der Waals surface area contributed by atoms with E-state index in [1.807, 2.05) is 37.6 Å². The molecule has 1 N–H and O–H groups in total. The zero-order valence-electron chi connectivity index (χ0n) is 17.9. The summed E-state index contributed by atoms with van der Waals surface area (Å²) in [4.78, 5) is 22.6. The number of amides is 1. The number of hydrogen-bond donors (Lipinski definition) is 1. The van der Waals surface area contributed by atoms with Crippen LogP contribution in [0.4, 0.5) is 5.13 Å². The van der Waals surface area contributed by atoms with Crippen molar-refractivity contribution in [3.63, 3.8) is 0 Å². The number of anilines is 1. The van der Waals surface area contributed by atoms with Crippen LogP contribution in [-0.2, 0) is 13.5 Å². The molecule has 1 aliphatic rings. The first kappa shape index (κ1) is 19.7. The van der Waals surface area contributed by atoms with E-state index >= 15 is 0 Å². The Labute approximate surface area is 184 Å². The number of carbonyl (C=O) groups excluding carboxylic acids is 1. The predicted octanol–water partition coefficient (Wildman–Crippen LogP) is 4.71. The van der Waals surface area contributed by atoms with Crippen molar-refractivity contribution >= 4 is 33.4 Å². The summed E-state index contributed by atoms with van der Waals surface area (Å²) in [5.74, 6) is 0.942. The van der Waals surface area contributed by atoms with Crippen molar-refractivity contribution in [1.29, 1.82) is 0 Å². The van der Waals surface area contributed by atoms with Crippen molar-refractivity contribution in [2.75, 3.05) is 11.9 Å². The monoisotopic (exact) mass is 433 g/mol. The van der Waals surface area contributed by atoms with Crippen LogP contribution in [0.5, 0.6) is 5.75 Å². The van der Waals surface area contributed by atoms with Gasteiger partial charge in [0.1, 0.15) is 5.75 Å². The maximum absolute atomic E-state index is 13.2. The second kappa shape index (κ2) is 7.46. The van der Waals surface area contributed by atoms with Gasteiger partial charge in [-0.2, -0.15) is 5.10 Å². The highest BCUT2D eigenvalue weighted by Gasteiger charge is 2.21. The van der Waals surface area contributed by atoms with Gasteiger partial charge in [0.05, 0.1) is 28.9 Å². The van der Waals surface area contributed by atoms with Gasteiger partial charge in [0.25, 0.3) is 5.91 Å². The third kappa shape index (κ3) is 3.46. The van der Waals surface area contributed by atoms with Gasteiger partial charge < -0.3 is 4.74 Å². The van der Waals surface area contributed by atoms with Gasteiger partial charge in [-0.1, -0.05) is 13.8 Å². The van der Waals surface area contributed by atoms with E-state index in [-0.39, 0.29) is 11.8 Å². The molecule has 1 aromatic carbocycles. The number of rotatable bonds is 4. The second-order valence-electron chi connectivity index (χ2n) is 8.07. The number of hydrogen-bond acceptors (Lipinski definition) is 6. The second-order valence-corrected chi connectivity index (χ2v) is 8.93. The van der Waals surface area contributed by atoms with Gasteiger partial charge in [-0.05, 0) is 42.7 Å². The number of pyridine rings is 1. The van der Waals surface area contributed by atoms with E-state index in [0.29, 0.717) is 16.3 Å². The topological polar surface area (TPSA) is 81.9 Å². The highest BCUT2D eigenvalue weighted by molar-refractivity contribution is 7.14. The molecular weight excluding hydrogens is 410 g/mol. The molecule has 0 aliphatic carbocycles. The van der Waals surface area contributed by atoms with Crippen LogP contribution in [0.1, 0.15) is 47.1 Å². The summed E-state index contributed by atoms with van der Waals surface area (Å²) in [7, 11) is 1.85. The van der Waals surface area contributed by atoms with E-state index in [0.717, 1.165) is 46.8 Å². The summed E-state index contributed by atoms with van der Waals surface area (Å²) in [6.45, 7) is 6.75. The van der Waals surface area contributed by atoms with E-state index in [2.05, 4.69) is 35.3 Å². The third-order valence-corrected chi connectivity index (χ3v) is 6.29. The molecule has 3 aromatic heterocycles. The summed E-state index contributed by atoms with van der Waals surface area (Å²) in [5, 5.41) is 10.7. The summed E-state index contributed by atoms with van der Waals surface area (Å²) >= 11 is 1.42. The van der Waals surface area contributed by atoms with E-state index in [1.165, 1.54) is 16.9 Å². The van der Waals surface area contributed by atoms with Gasteiger partial charge in [0.2, 0.25) is 0 Å². The van der Waals surface area contributed by atoms with Crippen molar-refractivity contribution in [1.82, 2.24) is 19.7 Å². The smallest absolute Gasteiger partial charge is 0.258 e. The first-order valence-corrected chi connectivity index (χ1v) is 11.2. The van der Waals surface area contributed by atoms with Gasteiger partial charge >= 0.3 is 0 Å². The summed E-state index contributed by atoms with van der Waals surface area (Å²) < 4.78 is 7.31. The number of ether oxygens (including phenoxy) is 1. The van der Waals surface area contributed by atoms with Crippen LogP contribution in [0.25, 0.3) is 22.3 Å². The Kier molecular flexibility index (Phi) is 4.74. The molecular formula is C23H23N5O2S. The molecule has 4 aromatic rings. The first-order valence-electron chi connectivity index (χ1n) is 10.3. The Morgan fingerprint density at radius 1 is 1.26 bits per heavy atom. The van der Waals surface area contributed by atoms with E-state index in [9.17, 15) is 4.79 Å². The lowest BCUT2D eigenvalue weighted by atomic mass is 10.0. The van der Waals surface area contributed by atoms with Gasteiger partial charge in [-0.25, -0.2) is 9.97 Å². The molecule has 0 radical (unpaired) electrons. The number of aryl methyl sites for hydroxylation is 2. The third-order valence-electron chi connectivity index (χ3n) is 5.53. The molecule has 5 rings (SSSR count). The Morgan fingerprint density at radius 2 is 2.10 bits per heavy atom. The molecule has 0 unspecified atom stereocenters. The first-order chi connectivity index (χ1) is 14.9. The lowest BCUT2D eigenvalue weighted by Crippen LogP contribution is -2.14. The van der Waals surface area contributed by atoms with Gasteiger partial charge in [-0.3, -0.25) is 14.8 Å². The van der Waals surface area contributed by atoms with E-state index in [4.69, 9.17) is 9.72 Å². The normalized spacial score (nSPS) is 12.9. The SMILES string of the molecule is Cc1nn(C)c2nc(C(C)C)cc(C(=O)Nc3nc(-c4ccc5c(c4)CCO5)cs3)c12. The number of fused-ring (bicyclic) bond motifs is 2. The molecule has 0 saturated carbocycles. The fraction of sp³-hybridized carbons (Fsp3) is 0.304. The molecule has 0 fully saturated rings. The minimum absolute atomic E-state index is 0.196. The van der Waals surface area contributed by atoms with Crippen molar-refractivity contribution in [2.45, 2.75) is 33.1 Å². The summed E-state index contributed by atoms with van der Waals surface area (Å²) in [5.41, 5.74) is 6.00. The van der Waals surface area contributed by atoms with Crippen molar-refractivity contribution in [3.8, 4) is 17.0 Å². The zero-order valence-corrected chi connectivity index (χ0v) is 18.7. The molecule has 0 bridgehead atoms. The standard InChI is InChI=1S/C23H23N5O2S/c1-12(2)17-10-16(20-13(3)27-28(4)21(20)24-17)22(29)26-23-25-18(11-31-23)14-5-6-19-15(9-14)7-8-30-19/h5-6,9-12H,7-8H2,1-4H3,(H,25,26,29). The maximum atomic E-state index is 13.2. The fourth-order valence-electron chi connectivity index (χ4n) is 3.91. The van der Waals surface area contributed by atoms with Crippen LogP contribution in [0.3, 0.4) is 0 Å². The predicted molar refractivity (Wildman–Crippen MR) is 122 cm³/mol. The zero-order chi connectivity index (χ0) is 21.7. The number of nitrogens with zero attached hydrogens (tertiary/aromatic N) is 4. The molecule has 0 saturated heterocycles. The van der Waals surface area contributed by atoms with Crippen LogP contribution in [0, 0.1) is 6.92 Å². The Bertz CT molecular complexity index is 1320. The maximum Gasteiger partial charge on any atom is 0.258 e. The minimum Gasteiger partial charge on any atom is -0.493 e. The van der Waals surface area contributed by atoms with Crippen LogP contribution in [0.2, 0.25) is 0 Å². The molecule has 31 heavy (non-hydrogen) atoms. The van der Waals surface area contributed by atoms with Crippen molar-refractivity contribution in [2.24, 2.45) is 7.05 Å².